The largest absolute Gasteiger partial charge is 0.231 e. The summed E-state index contributed by atoms with van der Waals surface area (Å²) in [6.07, 6.45) is 3.32. The van der Waals surface area contributed by atoms with Crippen LogP contribution in [0.4, 0.5) is 0 Å². The number of rotatable bonds is 2. The van der Waals surface area contributed by atoms with Crippen LogP contribution in [0.1, 0.15) is 5.56 Å². The van der Waals surface area contributed by atoms with Crippen molar-refractivity contribution in [3.63, 3.8) is 0 Å². The minimum atomic E-state index is 0.571. The van der Waals surface area contributed by atoms with Crippen molar-refractivity contribution in [3.8, 4) is 6.07 Å². The zero-order chi connectivity index (χ0) is 11.4. The quantitative estimate of drug-likeness (QED) is 0.765. The third kappa shape index (κ3) is 2.51. The second-order valence-corrected chi connectivity index (χ2v) is 4.33. The van der Waals surface area contributed by atoms with Gasteiger partial charge in [0.15, 0.2) is 5.16 Å². The van der Waals surface area contributed by atoms with Gasteiger partial charge in [0.25, 0.3) is 0 Å². The summed E-state index contributed by atoms with van der Waals surface area (Å²) in [7, 11) is 0. The van der Waals surface area contributed by atoms with Crippen molar-refractivity contribution in [2.24, 2.45) is 0 Å². The zero-order valence-corrected chi connectivity index (χ0v) is 9.66. The van der Waals surface area contributed by atoms with Crippen molar-refractivity contribution in [1.29, 1.82) is 5.26 Å². The molecular weight excluding hydrogens is 242 g/mol. The number of nitrogens with zero attached hydrogens (tertiary/aromatic N) is 3. The van der Waals surface area contributed by atoms with Crippen molar-refractivity contribution < 1.29 is 0 Å². The van der Waals surface area contributed by atoms with Gasteiger partial charge in [-0.1, -0.05) is 11.6 Å². The number of halogens is 1. The molecule has 16 heavy (non-hydrogen) atoms. The van der Waals surface area contributed by atoms with Gasteiger partial charge in [0.2, 0.25) is 0 Å². The standard InChI is InChI=1S/C11H6ClN3S/c12-9-3-2-8(7-13)10(6-9)16-11-14-4-1-5-15-11/h1-6H. The van der Waals surface area contributed by atoms with Crippen molar-refractivity contribution in [2.75, 3.05) is 0 Å². The Morgan fingerprint density at radius 1 is 1.25 bits per heavy atom. The first-order valence-corrected chi connectivity index (χ1v) is 5.63. The van der Waals surface area contributed by atoms with E-state index in [-0.39, 0.29) is 0 Å². The average molecular weight is 248 g/mol. The van der Waals surface area contributed by atoms with E-state index >= 15 is 0 Å². The summed E-state index contributed by atoms with van der Waals surface area (Å²) < 4.78 is 0. The van der Waals surface area contributed by atoms with Gasteiger partial charge < -0.3 is 0 Å². The zero-order valence-electron chi connectivity index (χ0n) is 8.09. The Morgan fingerprint density at radius 2 is 2.00 bits per heavy atom. The number of hydrogen-bond donors (Lipinski definition) is 0. The molecule has 3 nitrogen and oxygen atoms in total. The molecule has 1 heterocycles. The molecule has 0 bridgehead atoms. The lowest BCUT2D eigenvalue weighted by atomic mass is 10.2. The van der Waals surface area contributed by atoms with Crippen molar-refractivity contribution in [2.45, 2.75) is 10.1 Å². The van der Waals surface area contributed by atoms with E-state index in [0.717, 1.165) is 4.90 Å². The Balaban J connectivity index is 2.35. The molecule has 5 heteroatoms. The maximum atomic E-state index is 8.94. The number of aromatic nitrogens is 2. The minimum Gasteiger partial charge on any atom is -0.231 e. The van der Waals surface area contributed by atoms with Gasteiger partial charge in [-0.2, -0.15) is 5.26 Å². The highest BCUT2D eigenvalue weighted by Crippen LogP contribution is 2.29. The second kappa shape index (κ2) is 4.97. The summed E-state index contributed by atoms with van der Waals surface area (Å²) in [6.45, 7) is 0. The summed E-state index contributed by atoms with van der Waals surface area (Å²) in [5.41, 5.74) is 0.571. The van der Waals surface area contributed by atoms with E-state index in [1.54, 1.807) is 36.7 Å². The van der Waals surface area contributed by atoms with Crippen LogP contribution in [0.3, 0.4) is 0 Å². The van der Waals surface area contributed by atoms with Crippen LogP contribution in [0.2, 0.25) is 5.02 Å². The highest BCUT2D eigenvalue weighted by Gasteiger charge is 2.06. The van der Waals surface area contributed by atoms with Crippen LogP contribution in [0.5, 0.6) is 0 Å². The Hall–Kier alpha value is -1.57. The molecule has 0 aliphatic heterocycles. The lowest BCUT2D eigenvalue weighted by Crippen LogP contribution is -1.86. The fourth-order valence-electron chi connectivity index (χ4n) is 1.11. The summed E-state index contributed by atoms with van der Waals surface area (Å²) in [5.74, 6) is 0. The molecule has 1 aromatic carbocycles. The fourth-order valence-corrected chi connectivity index (χ4v) is 2.18. The monoisotopic (exact) mass is 247 g/mol. The van der Waals surface area contributed by atoms with Gasteiger partial charge in [0.1, 0.15) is 6.07 Å². The molecule has 1 aromatic heterocycles. The van der Waals surface area contributed by atoms with Gasteiger partial charge in [0.05, 0.1) is 5.56 Å². The molecular formula is C11H6ClN3S. The van der Waals surface area contributed by atoms with Crippen LogP contribution >= 0.6 is 23.4 Å². The number of nitriles is 1. The maximum absolute atomic E-state index is 8.94. The Kier molecular flexibility index (Phi) is 3.40. The van der Waals surface area contributed by atoms with E-state index in [1.807, 2.05) is 0 Å². The first-order valence-electron chi connectivity index (χ1n) is 4.44. The predicted octanol–water partition coefficient (Wildman–Crippen LogP) is 3.15. The fraction of sp³-hybridized carbons (Fsp3) is 0. The summed E-state index contributed by atoms with van der Waals surface area (Å²) >= 11 is 7.20. The minimum absolute atomic E-state index is 0.571. The van der Waals surface area contributed by atoms with Crippen LogP contribution in [0, 0.1) is 11.3 Å². The third-order valence-electron chi connectivity index (χ3n) is 1.81. The van der Waals surface area contributed by atoms with E-state index in [0.29, 0.717) is 15.7 Å². The molecule has 2 aromatic rings. The van der Waals surface area contributed by atoms with Crippen LogP contribution in [0.25, 0.3) is 0 Å². The van der Waals surface area contributed by atoms with Gasteiger partial charge in [-0.05, 0) is 36.0 Å². The summed E-state index contributed by atoms with van der Waals surface area (Å²) in [5, 5.41) is 10.1. The molecule has 0 spiro atoms. The molecule has 0 saturated carbocycles. The van der Waals surface area contributed by atoms with Crippen LogP contribution < -0.4 is 0 Å². The molecule has 0 saturated heterocycles. The molecule has 0 fully saturated rings. The third-order valence-corrected chi connectivity index (χ3v) is 2.99. The van der Waals surface area contributed by atoms with E-state index in [9.17, 15) is 0 Å². The van der Waals surface area contributed by atoms with Crippen LogP contribution in [-0.2, 0) is 0 Å². The predicted molar refractivity (Wildman–Crippen MR) is 62.3 cm³/mol. The van der Waals surface area contributed by atoms with Gasteiger partial charge in [-0.25, -0.2) is 9.97 Å². The van der Waals surface area contributed by atoms with Gasteiger partial charge in [0, 0.05) is 22.3 Å². The Labute approximate surface area is 102 Å². The van der Waals surface area contributed by atoms with E-state index in [1.165, 1.54) is 11.8 Å². The number of hydrogen-bond acceptors (Lipinski definition) is 4. The van der Waals surface area contributed by atoms with E-state index < -0.39 is 0 Å². The summed E-state index contributed by atoms with van der Waals surface area (Å²) in [6, 6.07) is 8.97. The van der Waals surface area contributed by atoms with Crippen molar-refractivity contribution in [1.82, 2.24) is 9.97 Å². The molecule has 0 radical (unpaired) electrons. The molecule has 0 N–H and O–H groups in total. The highest BCUT2D eigenvalue weighted by atomic mass is 35.5. The molecule has 78 valence electrons. The van der Waals surface area contributed by atoms with Crippen molar-refractivity contribution in [3.05, 3.63) is 47.2 Å². The Morgan fingerprint density at radius 3 is 2.69 bits per heavy atom. The molecule has 0 aliphatic rings. The normalized spacial score (nSPS) is 9.75. The lowest BCUT2D eigenvalue weighted by molar-refractivity contribution is 0.966. The summed E-state index contributed by atoms with van der Waals surface area (Å²) in [4.78, 5) is 8.92. The molecule has 0 unspecified atom stereocenters. The van der Waals surface area contributed by atoms with Gasteiger partial charge >= 0.3 is 0 Å². The molecule has 0 aliphatic carbocycles. The SMILES string of the molecule is N#Cc1ccc(Cl)cc1Sc1ncccn1. The molecule has 0 amide bonds. The maximum Gasteiger partial charge on any atom is 0.192 e. The second-order valence-electron chi connectivity index (χ2n) is 2.89. The van der Waals surface area contributed by atoms with Gasteiger partial charge in [-0.3, -0.25) is 0 Å². The highest BCUT2D eigenvalue weighted by molar-refractivity contribution is 7.99. The molecule has 0 atom stereocenters. The van der Waals surface area contributed by atoms with Crippen LogP contribution in [0.15, 0.2) is 46.7 Å². The van der Waals surface area contributed by atoms with E-state index in [4.69, 9.17) is 16.9 Å². The average Bonchev–Trinajstić information content (AvgIpc) is 2.31. The van der Waals surface area contributed by atoms with Crippen LogP contribution in [-0.4, -0.2) is 9.97 Å². The number of benzene rings is 1. The first kappa shape index (κ1) is 10.9. The lowest BCUT2D eigenvalue weighted by Gasteiger charge is -2.02. The van der Waals surface area contributed by atoms with E-state index in [2.05, 4.69) is 16.0 Å². The Bertz CT molecular complexity index is 537. The molecule has 2 rings (SSSR count). The van der Waals surface area contributed by atoms with Crippen molar-refractivity contribution >= 4 is 23.4 Å². The topological polar surface area (TPSA) is 49.6 Å². The first-order chi connectivity index (χ1) is 7.79. The smallest absolute Gasteiger partial charge is 0.192 e. The van der Waals surface area contributed by atoms with Gasteiger partial charge in [-0.15, -0.1) is 0 Å².